The number of piperazine rings is 1. The van der Waals surface area contributed by atoms with Crippen LogP contribution in [0.25, 0.3) is 10.9 Å². The Morgan fingerprint density at radius 2 is 1.81 bits per heavy atom. The Balaban J connectivity index is 1.64. The first-order valence-electron chi connectivity index (χ1n) is 9.66. The number of aryl methyl sites for hydroxylation is 2. The van der Waals surface area contributed by atoms with E-state index in [9.17, 15) is 23.3 Å². The quantitative estimate of drug-likeness (QED) is 0.482. The second-order valence-electron chi connectivity index (χ2n) is 7.51. The number of nitrogens with zero attached hydrogens (tertiary/aromatic N) is 4. The highest BCUT2D eigenvalue weighted by Gasteiger charge is 2.32. The molecule has 0 unspecified atom stereocenters. The molecule has 1 aromatic heterocycles. The molecule has 162 valence electrons. The van der Waals surface area contributed by atoms with E-state index >= 15 is 0 Å². The van der Waals surface area contributed by atoms with Gasteiger partial charge in [-0.15, -0.1) is 0 Å². The monoisotopic (exact) mass is 443 g/mol. The Bertz CT molecular complexity index is 1340. The van der Waals surface area contributed by atoms with Crippen molar-refractivity contribution in [2.75, 3.05) is 31.1 Å². The normalized spacial score (nSPS) is 15.4. The molecule has 0 bridgehead atoms. The maximum absolute atomic E-state index is 13.1. The molecule has 1 fully saturated rings. The van der Waals surface area contributed by atoms with Gasteiger partial charge >= 0.3 is 0 Å². The minimum atomic E-state index is -3.67. The predicted molar refractivity (Wildman–Crippen MR) is 116 cm³/mol. The van der Waals surface area contributed by atoms with Gasteiger partial charge in [-0.3, -0.25) is 14.9 Å². The van der Waals surface area contributed by atoms with Crippen LogP contribution in [-0.2, 0) is 10.0 Å². The van der Waals surface area contributed by atoms with E-state index < -0.39 is 20.5 Å². The van der Waals surface area contributed by atoms with Crippen molar-refractivity contribution < 1.29 is 13.3 Å². The summed E-state index contributed by atoms with van der Waals surface area (Å²) >= 11 is 0. The fourth-order valence-electron chi connectivity index (χ4n) is 3.79. The number of benzene rings is 2. The smallest absolute Gasteiger partial charge is 0.293 e. The van der Waals surface area contributed by atoms with Gasteiger partial charge in [0.1, 0.15) is 5.69 Å². The van der Waals surface area contributed by atoms with Crippen molar-refractivity contribution >= 4 is 32.3 Å². The third-order valence-corrected chi connectivity index (χ3v) is 7.51. The number of nitro groups is 1. The summed E-state index contributed by atoms with van der Waals surface area (Å²) in [7, 11) is -3.67. The molecule has 0 saturated carbocycles. The third-order valence-electron chi connectivity index (χ3n) is 5.47. The summed E-state index contributed by atoms with van der Waals surface area (Å²) in [4.78, 5) is 31.6. The molecule has 2 aromatic carbocycles. The molecular formula is C20H21N5O5S. The van der Waals surface area contributed by atoms with Crippen LogP contribution in [-0.4, -0.2) is 53.8 Å². The van der Waals surface area contributed by atoms with Crippen molar-refractivity contribution in [3.63, 3.8) is 0 Å². The molecular weight excluding hydrogens is 422 g/mol. The summed E-state index contributed by atoms with van der Waals surface area (Å²) < 4.78 is 27.7. The second-order valence-corrected chi connectivity index (χ2v) is 9.41. The zero-order valence-electron chi connectivity index (χ0n) is 17.0. The lowest BCUT2D eigenvalue weighted by atomic mass is 10.1. The van der Waals surface area contributed by atoms with Gasteiger partial charge in [0, 0.05) is 32.2 Å². The van der Waals surface area contributed by atoms with Crippen molar-refractivity contribution in [2.45, 2.75) is 18.7 Å². The molecule has 0 amide bonds. The molecule has 11 heteroatoms. The van der Waals surface area contributed by atoms with Crippen molar-refractivity contribution in [1.82, 2.24) is 14.3 Å². The van der Waals surface area contributed by atoms with E-state index in [-0.39, 0.29) is 42.1 Å². The van der Waals surface area contributed by atoms with Gasteiger partial charge in [0.25, 0.3) is 11.2 Å². The van der Waals surface area contributed by atoms with Crippen LogP contribution in [0.2, 0.25) is 0 Å². The number of hydrogen-bond donors (Lipinski definition) is 1. The lowest BCUT2D eigenvalue weighted by Gasteiger charge is -2.35. The largest absolute Gasteiger partial charge is 0.363 e. The van der Waals surface area contributed by atoms with Crippen molar-refractivity contribution in [3.05, 3.63) is 68.3 Å². The summed E-state index contributed by atoms with van der Waals surface area (Å²) in [6.45, 7) is 4.53. The van der Waals surface area contributed by atoms with Gasteiger partial charge in [-0.05, 0) is 37.1 Å². The number of fused-ring (bicyclic) bond motifs is 1. The van der Waals surface area contributed by atoms with E-state index in [1.165, 1.54) is 22.8 Å². The summed E-state index contributed by atoms with van der Waals surface area (Å²) in [6, 6.07) is 8.04. The van der Waals surface area contributed by atoms with Gasteiger partial charge in [0.05, 0.1) is 27.0 Å². The Morgan fingerprint density at radius 3 is 2.48 bits per heavy atom. The highest BCUT2D eigenvalue weighted by molar-refractivity contribution is 7.89. The molecule has 0 aliphatic carbocycles. The van der Waals surface area contributed by atoms with E-state index in [0.29, 0.717) is 16.8 Å². The number of rotatable bonds is 4. The van der Waals surface area contributed by atoms with Crippen LogP contribution in [0.3, 0.4) is 0 Å². The number of aromatic nitrogens is 2. The molecule has 0 spiro atoms. The fraction of sp³-hybridized carbons (Fsp3) is 0.300. The van der Waals surface area contributed by atoms with Crippen LogP contribution < -0.4 is 10.5 Å². The van der Waals surface area contributed by atoms with Crippen LogP contribution in [0.1, 0.15) is 11.1 Å². The van der Waals surface area contributed by atoms with E-state index in [2.05, 4.69) is 9.97 Å². The lowest BCUT2D eigenvalue weighted by molar-refractivity contribution is -0.384. The van der Waals surface area contributed by atoms with Crippen molar-refractivity contribution in [2.24, 2.45) is 0 Å². The first-order valence-corrected chi connectivity index (χ1v) is 11.1. The number of nitro benzene ring substituents is 1. The van der Waals surface area contributed by atoms with Crippen LogP contribution in [0, 0.1) is 24.0 Å². The minimum Gasteiger partial charge on any atom is -0.363 e. The fourth-order valence-corrected chi connectivity index (χ4v) is 5.52. The van der Waals surface area contributed by atoms with Crippen LogP contribution in [0.15, 0.2) is 46.3 Å². The Kier molecular flexibility index (Phi) is 5.23. The SMILES string of the molecule is Cc1ccc(C)c(S(=O)(=O)N2CCN(c3cc4nc[nH]c(=O)c4cc3[N+](=O)[O-])CC2)c1. The van der Waals surface area contributed by atoms with Crippen molar-refractivity contribution in [3.8, 4) is 0 Å². The summed E-state index contributed by atoms with van der Waals surface area (Å²) in [6.07, 6.45) is 1.25. The zero-order chi connectivity index (χ0) is 22.3. The van der Waals surface area contributed by atoms with Gasteiger partial charge in [0.15, 0.2) is 0 Å². The molecule has 1 aliphatic heterocycles. The van der Waals surface area contributed by atoms with E-state index in [1.54, 1.807) is 24.0 Å². The van der Waals surface area contributed by atoms with Gasteiger partial charge in [-0.25, -0.2) is 13.4 Å². The molecule has 3 aromatic rings. The topological polar surface area (TPSA) is 130 Å². The summed E-state index contributed by atoms with van der Waals surface area (Å²) in [5.74, 6) is 0. The van der Waals surface area contributed by atoms with Gasteiger partial charge in [-0.2, -0.15) is 4.31 Å². The molecule has 0 atom stereocenters. The lowest BCUT2D eigenvalue weighted by Crippen LogP contribution is -2.49. The zero-order valence-corrected chi connectivity index (χ0v) is 17.8. The third kappa shape index (κ3) is 3.77. The van der Waals surface area contributed by atoms with E-state index in [4.69, 9.17) is 0 Å². The molecule has 31 heavy (non-hydrogen) atoms. The molecule has 4 rings (SSSR count). The summed E-state index contributed by atoms with van der Waals surface area (Å²) in [5.41, 5.74) is 1.53. The number of nitrogens with one attached hydrogen (secondary N) is 1. The van der Waals surface area contributed by atoms with Gasteiger partial charge in [-0.1, -0.05) is 12.1 Å². The number of aromatic amines is 1. The Hall–Kier alpha value is -3.31. The second kappa shape index (κ2) is 7.75. The average molecular weight is 443 g/mol. The molecule has 2 heterocycles. The van der Waals surface area contributed by atoms with Gasteiger partial charge < -0.3 is 9.88 Å². The van der Waals surface area contributed by atoms with E-state index in [1.807, 2.05) is 13.0 Å². The molecule has 1 aliphatic rings. The first kappa shape index (κ1) is 20.9. The first-order chi connectivity index (χ1) is 14.7. The standard InChI is InChI=1S/C20H21N5O5S/c1-13-3-4-14(2)19(9-13)31(29,30)24-7-5-23(6-8-24)17-11-16-15(10-18(17)25(27)28)20(26)22-12-21-16/h3-4,9-12H,5-8H2,1-2H3,(H,21,22,26). The van der Waals surface area contributed by atoms with Gasteiger partial charge in [0.2, 0.25) is 10.0 Å². The average Bonchev–Trinajstić information content (AvgIpc) is 2.75. The molecule has 1 N–H and O–H groups in total. The Morgan fingerprint density at radius 1 is 1.10 bits per heavy atom. The molecule has 1 saturated heterocycles. The maximum Gasteiger partial charge on any atom is 0.293 e. The maximum atomic E-state index is 13.1. The van der Waals surface area contributed by atoms with Crippen molar-refractivity contribution in [1.29, 1.82) is 0 Å². The van der Waals surface area contributed by atoms with Crippen LogP contribution in [0.5, 0.6) is 0 Å². The Labute approximate surface area is 178 Å². The molecule has 0 radical (unpaired) electrons. The number of sulfonamides is 1. The van der Waals surface area contributed by atoms with E-state index in [0.717, 1.165) is 5.56 Å². The molecule has 10 nitrogen and oxygen atoms in total. The predicted octanol–water partition coefficient (Wildman–Crippen LogP) is 1.96. The number of hydrogen-bond acceptors (Lipinski definition) is 7. The van der Waals surface area contributed by atoms with Crippen LogP contribution in [0.4, 0.5) is 11.4 Å². The number of anilines is 1. The highest BCUT2D eigenvalue weighted by atomic mass is 32.2. The summed E-state index contributed by atoms with van der Waals surface area (Å²) in [5, 5.41) is 11.8. The minimum absolute atomic E-state index is 0.133. The van der Waals surface area contributed by atoms with Crippen LogP contribution >= 0.6 is 0 Å². The number of H-pyrrole nitrogens is 1. The highest BCUT2D eigenvalue weighted by Crippen LogP contribution is 2.32.